The highest BCUT2D eigenvalue weighted by Gasteiger charge is 2.45. The Hall–Kier alpha value is -1.57. The number of carbonyl (C=O) groups is 3. The Morgan fingerprint density at radius 3 is 2.55 bits per heavy atom. The van der Waals surface area contributed by atoms with Gasteiger partial charge in [-0.15, -0.1) is 0 Å². The van der Waals surface area contributed by atoms with Crippen molar-refractivity contribution in [2.75, 3.05) is 6.54 Å². The molecule has 0 saturated carbocycles. The average Bonchev–Trinajstić information content (AvgIpc) is 2.80. The molecule has 2 atom stereocenters. The molecule has 20 heavy (non-hydrogen) atoms. The van der Waals surface area contributed by atoms with Gasteiger partial charge in [-0.3, -0.25) is 24.6 Å². The topological polar surface area (TPSA) is 78.5 Å². The molecule has 2 aliphatic rings. The molecule has 0 aromatic carbocycles. The maximum absolute atomic E-state index is 13.0. The molecule has 2 aliphatic heterocycles. The first kappa shape index (κ1) is 14.8. The number of halogens is 2. The van der Waals surface area contributed by atoms with E-state index in [2.05, 4.69) is 10.6 Å². The van der Waals surface area contributed by atoms with E-state index in [1.165, 1.54) is 0 Å². The van der Waals surface area contributed by atoms with Crippen molar-refractivity contribution in [2.24, 2.45) is 0 Å². The fourth-order valence-corrected chi connectivity index (χ4v) is 2.48. The summed E-state index contributed by atoms with van der Waals surface area (Å²) in [6.07, 6.45) is -0.715. The van der Waals surface area contributed by atoms with Gasteiger partial charge in [0.1, 0.15) is 6.04 Å². The second-order valence-electron chi connectivity index (χ2n) is 5.45. The third kappa shape index (κ3) is 2.79. The zero-order chi connectivity index (χ0) is 15.1. The van der Waals surface area contributed by atoms with E-state index in [9.17, 15) is 23.2 Å². The van der Waals surface area contributed by atoms with Crippen LogP contribution in [0.15, 0.2) is 0 Å². The van der Waals surface area contributed by atoms with Gasteiger partial charge in [0.2, 0.25) is 11.8 Å². The van der Waals surface area contributed by atoms with Crippen molar-refractivity contribution in [1.29, 1.82) is 0 Å². The molecule has 2 heterocycles. The molecule has 0 radical (unpaired) electrons. The molecule has 6 nitrogen and oxygen atoms in total. The molecule has 2 unspecified atom stereocenters. The summed E-state index contributed by atoms with van der Waals surface area (Å²) in [4.78, 5) is 36.5. The quantitative estimate of drug-likeness (QED) is 0.695. The van der Waals surface area contributed by atoms with Gasteiger partial charge in [0.25, 0.3) is 11.8 Å². The van der Waals surface area contributed by atoms with E-state index in [0.717, 1.165) is 4.90 Å². The lowest BCUT2D eigenvalue weighted by atomic mass is 10.1. The molecule has 2 saturated heterocycles. The van der Waals surface area contributed by atoms with Gasteiger partial charge >= 0.3 is 0 Å². The van der Waals surface area contributed by atoms with E-state index in [-0.39, 0.29) is 18.4 Å². The molecule has 2 N–H and O–H groups in total. The molecule has 0 bridgehead atoms. The largest absolute Gasteiger partial charge is 0.342 e. The highest BCUT2D eigenvalue weighted by molar-refractivity contribution is 6.07. The molecule has 8 heteroatoms. The van der Waals surface area contributed by atoms with E-state index in [1.807, 2.05) is 0 Å². The number of amides is 3. The number of nitrogens with zero attached hydrogens (tertiary/aromatic N) is 1. The highest BCUT2D eigenvalue weighted by atomic mass is 19.3. The highest BCUT2D eigenvalue weighted by Crippen LogP contribution is 2.25. The lowest BCUT2D eigenvalue weighted by Gasteiger charge is -2.19. The number of nitrogens with one attached hydrogen (secondary N) is 2. The van der Waals surface area contributed by atoms with E-state index in [4.69, 9.17) is 0 Å². The van der Waals surface area contributed by atoms with Crippen LogP contribution in [0.1, 0.15) is 26.7 Å². The molecular weight excluding hydrogens is 272 g/mol. The van der Waals surface area contributed by atoms with Gasteiger partial charge in [-0.2, -0.15) is 0 Å². The Balaban J connectivity index is 1.96. The molecule has 2 rings (SSSR count). The van der Waals surface area contributed by atoms with Gasteiger partial charge in [-0.05, 0) is 13.8 Å². The fourth-order valence-electron chi connectivity index (χ4n) is 2.48. The summed E-state index contributed by atoms with van der Waals surface area (Å²) in [5, 5.41) is 4.79. The Bertz CT molecular complexity index is 453. The molecule has 112 valence electrons. The Labute approximate surface area is 114 Å². The van der Waals surface area contributed by atoms with Crippen LogP contribution in [0.4, 0.5) is 8.78 Å². The number of rotatable bonds is 3. The van der Waals surface area contributed by atoms with Crippen LogP contribution in [-0.4, -0.2) is 53.2 Å². The lowest BCUT2D eigenvalue weighted by Crippen LogP contribution is -2.49. The van der Waals surface area contributed by atoms with Crippen molar-refractivity contribution in [3.63, 3.8) is 0 Å². The minimum atomic E-state index is -2.92. The second-order valence-corrected chi connectivity index (χ2v) is 5.45. The van der Waals surface area contributed by atoms with Crippen LogP contribution in [0.5, 0.6) is 0 Å². The Kier molecular flexibility index (Phi) is 3.77. The van der Waals surface area contributed by atoms with Gasteiger partial charge in [-0.25, -0.2) is 8.78 Å². The normalized spacial score (nSPS) is 29.4. The van der Waals surface area contributed by atoms with Crippen LogP contribution < -0.4 is 10.6 Å². The third-order valence-corrected chi connectivity index (χ3v) is 3.44. The number of hydrogen-bond acceptors (Lipinski definition) is 4. The van der Waals surface area contributed by atoms with Crippen molar-refractivity contribution in [1.82, 2.24) is 15.5 Å². The van der Waals surface area contributed by atoms with Crippen molar-refractivity contribution >= 4 is 17.7 Å². The Morgan fingerprint density at radius 1 is 1.45 bits per heavy atom. The first-order valence-electron chi connectivity index (χ1n) is 6.49. The van der Waals surface area contributed by atoms with E-state index in [0.29, 0.717) is 0 Å². The summed E-state index contributed by atoms with van der Waals surface area (Å²) in [5.41, 5.74) is 0. The molecule has 0 aromatic rings. The fraction of sp³-hybridized carbons (Fsp3) is 0.750. The van der Waals surface area contributed by atoms with Gasteiger partial charge in [0.05, 0.1) is 19.0 Å². The lowest BCUT2D eigenvalue weighted by molar-refractivity contribution is -0.141. The number of carbonyl (C=O) groups excluding carboxylic acids is 3. The van der Waals surface area contributed by atoms with Crippen LogP contribution in [0, 0.1) is 0 Å². The summed E-state index contributed by atoms with van der Waals surface area (Å²) in [7, 11) is 0. The van der Waals surface area contributed by atoms with Crippen LogP contribution in [0.25, 0.3) is 0 Å². The summed E-state index contributed by atoms with van der Waals surface area (Å²) in [6.45, 7) is 2.83. The minimum Gasteiger partial charge on any atom is -0.342 e. The maximum Gasteiger partial charge on any atom is 0.262 e. The van der Waals surface area contributed by atoms with Crippen molar-refractivity contribution < 1.29 is 23.2 Å². The van der Waals surface area contributed by atoms with Crippen LogP contribution in [-0.2, 0) is 14.4 Å². The van der Waals surface area contributed by atoms with E-state index >= 15 is 0 Å². The standard InChI is InChI=1S/C12H17F2N3O3/c1-6(2)17-9(18)3-7(11(17)20)16-10(19)8-4-12(13,14)5-15-8/h6-8,15H,3-5H2,1-2H3,(H,16,19). The first-order valence-corrected chi connectivity index (χ1v) is 6.49. The van der Waals surface area contributed by atoms with Gasteiger partial charge in [0, 0.05) is 12.5 Å². The predicted octanol–water partition coefficient (Wildman–Crippen LogP) is -0.364. The van der Waals surface area contributed by atoms with Crippen molar-refractivity contribution in [3.8, 4) is 0 Å². The smallest absolute Gasteiger partial charge is 0.262 e. The van der Waals surface area contributed by atoms with Gasteiger partial charge < -0.3 is 5.32 Å². The molecule has 3 amide bonds. The summed E-state index contributed by atoms with van der Waals surface area (Å²) in [5.74, 6) is -4.43. The molecular formula is C12H17F2N3O3. The molecule has 2 fully saturated rings. The van der Waals surface area contributed by atoms with E-state index < -0.39 is 42.8 Å². The van der Waals surface area contributed by atoms with Crippen LogP contribution in [0.2, 0.25) is 0 Å². The van der Waals surface area contributed by atoms with E-state index in [1.54, 1.807) is 13.8 Å². The number of imide groups is 1. The molecule has 0 aliphatic carbocycles. The Morgan fingerprint density at radius 2 is 2.10 bits per heavy atom. The summed E-state index contributed by atoms with van der Waals surface area (Å²) < 4.78 is 26.0. The monoisotopic (exact) mass is 289 g/mol. The van der Waals surface area contributed by atoms with Gasteiger partial charge in [0.15, 0.2) is 0 Å². The third-order valence-electron chi connectivity index (χ3n) is 3.44. The van der Waals surface area contributed by atoms with Crippen molar-refractivity contribution in [2.45, 2.75) is 50.7 Å². The first-order chi connectivity index (χ1) is 9.21. The molecule has 0 aromatic heterocycles. The van der Waals surface area contributed by atoms with Crippen LogP contribution in [0.3, 0.4) is 0 Å². The number of hydrogen-bond donors (Lipinski definition) is 2. The van der Waals surface area contributed by atoms with Gasteiger partial charge in [-0.1, -0.05) is 0 Å². The van der Waals surface area contributed by atoms with Crippen molar-refractivity contribution in [3.05, 3.63) is 0 Å². The summed E-state index contributed by atoms with van der Waals surface area (Å²) >= 11 is 0. The average molecular weight is 289 g/mol. The zero-order valence-electron chi connectivity index (χ0n) is 11.3. The zero-order valence-corrected chi connectivity index (χ0v) is 11.3. The minimum absolute atomic E-state index is 0.119. The second kappa shape index (κ2) is 5.08. The SMILES string of the molecule is CC(C)N1C(=O)CC(NC(=O)C2CC(F)(F)CN2)C1=O. The number of alkyl halides is 2. The molecule has 0 spiro atoms. The van der Waals surface area contributed by atoms with Crippen LogP contribution >= 0.6 is 0 Å². The summed E-state index contributed by atoms with van der Waals surface area (Å²) in [6, 6.07) is -2.26. The maximum atomic E-state index is 13.0. The number of likely N-dealkylation sites (tertiary alicyclic amines) is 1. The predicted molar refractivity (Wildman–Crippen MR) is 64.9 cm³/mol.